The van der Waals surface area contributed by atoms with Crippen molar-refractivity contribution in [1.82, 2.24) is 0 Å². The number of hydrogen-bond acceptors (Lipinski definition) is 6. The zero-order valence-corrected chi connectivity index (χ0v) is 43.8. The largest absolute Gasteiger partial charge is 0.456 e. The number of rotatable bonds is 3. The summed E-state index contributed by atoms with van der Waals surface area (Å²) in [5, 5.41) is 17.0. The molecule has 7 heteroatoms. The minimum atomic E-state index is -0.212. The van der Waals surface area contributed by atoms with Crippen LogP contribution in [-0.4, -0.2) is 6.71 Å². The SMILES string of the molecule is c1ccc2c(c1)oc1cc3c(cc12)N(c1cccc2sc4ccccc4c12)c1cc(-c2ccc4c5ccccc5c5ccccc5c4c2)cc2c1B3c1cc3oc4ccccc4c3cc1N2c1cccc2sc3ccccc3c12. The third-order valence-corrected chi connectivity index (χ3v) is 19.7. The van der Waals surface area contributed by atoms with Crippen LogP contribution in [0.2, 0.25) is 0 Å². The Morgan fingerprint density at radius 3 is 1.19 bits per heavy atom. The van der Waals surface area contributed by atoms with Gasteiger partial charge in [-0.25, -0.2) is 0 Å². The van der Waals surface area contributed by atoms with Crippen molar-refractivity contribution in [3.8, 4) is 11.1 Å². The quantitative estimate of drug-likeness (QED) is 0.130. The average Bonchev–Trinajstić information content (AvgIpc) is 4.37. The maximum atomic E-state index is 6.90. The molecule has 2 aliphatic rings. The van der Waals surface area contributed by atoms with Crippen LogP contribution in [0.4, 0.5) is 34.1 Å². The molecule has 0 atom stereocenters. The Balaban J connectivity index is 1.00. The average molecular weight is 1040 g/mol. The van der Waals surface area contributed by atoms with Crippen LogP contribution in [0.5, 0.6) is 0 Å². The molecule has 0 fully saturated rings. The summed E-state index contributed by atoms with van der Waals surface area (Å²) in [5.74, 6) is 0. The first-order valence-electron chi connectivity index (χ1n) is 27.0. The molecule has 0 spiro atoms. The molecule has 0 amide bonds. The monoisotopic (exact) mass is 1040 g/mol. The molecular weight excluding hydrogens is 1000 g/mol. The van der Waals surface area contributed by atoms with Crippen molar-refractivity contribution in [2.45, 2.75) is 0 Å². The van der Waals surface area contributed by atoms with Gasteiger partial charge in [-0.3, -0.25) is 0 Å². The summed E-state index contributed by atoms with van der Waals surface area (Å²) in [6.07, 6.45) is 0. The van der Waals surface area contributed by atoms with Gasteiger partial charge in [0.05, 0.1) is 11.4 Å². The number of fused-ring (bicyclic) bond motifs is 22. The van der Waals surface area contributed by atoms with Gasteiger partial charge < -0.3 is 18.6 Å². The predicted octanol–water partition coefficient (Wildman–Crippen LogP) is 19.4. The topological polar surface area (TPSA) is 32.8 Å². The zero-order chi connectivity index (χ0) is 51.2. The van der Waals surface area contributed by atoms with E-state index in [-0.39, 0.29) is 6.71 Å². The van der Waals surface area contributed by atoms with Gasteiger partial charge in [0.15, 0.2) is 0 Å². The molecule has 13 aromatic carbocycles. The second-order valence-corrected chi connectivity index (χ2v) is 23.6. The van der Waals surface area contributed by atoms with Crippen LogP contribution in [0.15, 0.2) is 245 Å². The van der Waals surface area contributed by atoms with E-state index in [1.54, 1.807) is 0 Å². The first-order valence-corrected chi connectivity index (χ1v) is 28.6. The Labute approximate surface area is 459 Å². The van der Waals surface area contributed by atoms with E-state index in [2.05, 4.69) is 246 Å². The summed E-state index contributed by atoms with van der Waals surface area (Å²) in [6.45, 7) is -0.212. The number of thiophene rings is 2. The molecular formula is C72H39BN2O2S2. The Kier molecular flexibility index (Phi) is 8.34. The molecule has 0 aliphatic carbocycles. The summed E-state index contributed by atoms with van der Waals surface area (Å²) in [7, 11) is 0. The molecule has 0 N–H and O–H groups in total. The summed E-state index contributed by atoms with van der Waals surface area (Å²) < 4.78 is 18.9. The number of furan rings is 2. The minimum absolute atomic E-state index is 0.212. The molecule has 79 heavy (non-hydrogen) atoms. The van der Waals surface area contributed by atoms with Crippen molar-refractivity contribution in [3.05, 3.63) is 237 Å². The molecule has 0 saturated carbocycles. The fourth-order valence-corrected chi connectivity index (χ4v) is 16.3. The molecule has 19 rings (SSSR count). The van der Waals surface area contributed by atoms with Gasteiger partial charge in [-0.05, 0) is 151 Å². The molecule has 4 aromatic heterocycles. The standard InChI is InChI=1S/C72H39BN2O2S2/c1-2-17-44-42(15-1)43-16-3-4-18-45(43)51-33-40(31-32-46(44)51)41-34-60-72-61(35-41)75(57-24-14-30-69-71(57)50-22-8-12-28-67(50)79-69)59-37-53-48-20-6-10-26-63(48)77-65(53)39-55(59)73(72)54-38-64-52(47-19-5-9-25-62(47)76-64)36-58(54)74(60)56-23-13-29-68-70(56)49-21-7-11-27-66(49)78-68/h1-39H. The molecule has 0 saturated heterocycles. The maximum Gasteiger partial charge on any atom is 0.252 e. The summed E-state index contributed by atoms with van der Waals surface area (Å²) >= 11 is 3.73. The molecule has 6 heterocycles. The lowest BCUT2D eigenvalue weighted by Crippen LogP contribution is -2.61. The van der Waals surface area contributed by atoms with Gasteiger partial charge in [0, 0.05) is 84.6 Å². The van der Waals surface area contributed by atoms with Crippen LogP contribution in [-0.2, 0) is 0 Å². The van der Waals surface area contributed by atoms with Gasteiger partial charge in [0.2, 0.25) is 0 Å². The number of anilines is 6. The fourth-order valence-electron chi connectivity index (χ4n) is 14.1. The Morgan fingerprint density at radius 1 is 0.266 bits per heavy atom. The second kappa shape index (κ2) is 15.5. The van der Waals surface area contributed by atoms with Crippen molar-refractivity contribution in [1.29, 1.82) is 0 Å². The van der Waals surface area contributed by atoms with E-state index in [1.165, 1.54) is 89.1 Å². The molecule has 364 valence electrons. The van der Waals surface area contributed by atoms with Crippen molar-refractivity contribution >= 4 is 196 Å². The number of benzene rings is 13. The van der Waals surface area contributed by atoms with Crippen LogP contribution >= 0.6 is 22.7 Å². The Hall–Kier alpha value is -9.66. The fraction of sp³-hybridized carbons (Fsp3) is 0. The summed E-state index contributed by atoms with van der Waals surface area (Å²) in [4.78, 5) is 5.23. The zero-order valence-electron chi connectivity index (χ0n) is 42.1. The molecule has 2 aliphatic heterocycles. The highest BCUT2D eigenvalue weighted by atomic mass is 32.1. The van der Waals surface area contributed by atoms with Crippen molar-refractivity contribution in [2.24, 2.45) is 0 Å². The minimum Gasteiger partial charge on any atom is -0.456 e. The third-order valence-electron chi connectivity index (χ3n) is 17.4. The molecule has 0 bridgehead atoms. The highest BCUT2D eigenvalue weighted by Crippen LogP contribution is 2.53. The van der Waals surface area contributed by atoms with E-state index in [9.17, 15) is 0 Å². The third kappa shape index (κ3) is 5.72. The first-order chi connectivity index (χ1) is 39.2. The van der Waals surface area contributed by atoms with E-state index < -0.39 is 0 Å². The molecule has 0 radical (unpaired) electrons. The summed E-state index contributed by atoms with van der Waals surface area (Å²) in [6, 6.07) is 88.2. The Morgan fingerprint density at radius 2 is 0.684 bits per heavy atom. The van der Waals surface area contributed by atoms with E-state index >= 15 is 0 Å². The van der Waals surface area contributed by atoms with Crippen LogP contribution < -0.4 is 26.2 Å². The van der Waals surface area contributed by atoms with Gasteiger partial charge in [-0.1, -0.05) is 146 Å². The van der Waals surface area contributed by atoms with Crippen LogP contribution in [0.25, 0.3) is 128 Å². The molecule has 4 nitrogen and oxygen atoms in total. The van der Waals surface area contributed by atoms with Crippen molar-refractivity contribution in [2.75, 3.05) is 9.80 Å². The van der Waals surface area contributed by atoms with Gasteiger partial charge in [0.25, 0.3) is 6.71 Å². The van der Waals surface area contributed by atoms with E-state index in [0.29, 0.717) is 0 Å². The normalized spacial score (nSPS) is 13.2. The van der Waals surface area contributed by atoms with E-state index in [1.807, 2.05) is 22.7 Å². The lowest BCUT2D eigenvalue weighted by atomic mass is 9.33. The highest BCUT2D eigenvalue weighted by molar-refractivity contribution is 7.26. The molecule has 0 unspecified atom stereocenters. The number of para-hydroxylation sites is 2. The van der Waals surface area contributed by atoms with Crippen LogP contribution in [0, 0.1) is 0 Å². The lowest BCUT2D eigenvalue weighted by molar-refractivity contribution is 0.669. The van der Waals surface area contributed by atoms with E-state index in [0.717, 1.165) is 89.1 Å². The number of nitrogens with zero attached hydrogens (tertiary/aromatic N) is 2. The van der Waals surface area contributed by atoms with Gasteiger partial charge in [0.1, 0.15) is 22.3 Å². The summed E-state index contributed by atoms with van der Waals surface area (Å²) in [5.41, 5.74) is 16.3. The molecule has 17 aromatic rings. The highest BCUT2D eigenvalue weighted by Gasteiger charge is 2.45. The lowest BCUT2D eigenvalue weighted by Gasteiger charge is -2.44. The van der Waals surface area contributed by atoms with Crippen molar-refractivity contribution in [3.63, 3.8) is 0 Å². The smallest absolute Gasteiger partial charge is 0.252 e. The Bertz CT molecular complexity index is 5270. The van der Waals surface area contributed by atoms with Gasteiger partial charge >= 0.3 is 0 Å². The first kappa shape index (κ1) is 42.5. The predicted molar refractivity (Wildman–Crippen MR) is 339 cm³/mol. The second-order valence-electron chi connectivity index (χ2n) is 21.4. The van der Waals surface area contributed by atoms with Gasteiger partial charge in [-0.2, -0.15) is 0 Å². The van der Waals surface area contributed by atoms with E-state index in [4.69, 9.17) is 8.83 Å². The van der Waals surface area contributed by atoms with Crippen molar-refractivity contribution < 1.29 is 8.83 Å². The number of hydrogen-bond donors (Lipinski definition) is 0. The van der Waals surface area contributed by atoms with Crippen LogP contribution in [0.1, 0.15) is 0 Å². The van der Waals surface area contributed by atoms with Gasteiger partial charge in [-0.15, -0.1) is 22.7 Å². The maximum absolute atomic E-state index is 6.90. The van der Waals surface area contributed by atoms with Crippen LogP contribution in [0.3, 0.4) is 0 Å².